The molecule has 0 aromatic heterocycles. The molecule has 0 fully saturated rings. The van der Waals surface area contributed by atoms with Crippen LogP contribution >= 0.6 is 7.82 Å². The standard InChI is InChI=1S/Ca.3K.H3O4P/c;;;;1-5(2,3)4/h;;;;(H3,1,2,3,4)/q+2;3*+1;/p-3. The number of phosphoric acid groups is 1. The Kier molecular flexibility index (Phi) is 54.7. The van der Waals surface area contributed by atoms with E-state index in [4.69, 9.17) is 19.2 Å². The summed E-state index contributed by atoms with van der Waals surface area (Å²) in [6, 6.07) is 0. The Morgan fingerprint density at radius 1 is 0.889 bits per heavy atom. The van der Waals surface area contributed by atoms with Crippen molar-refractivity contribution in [3.63, 3.8) is 0 Å². The first kappa shape index (κ1) is 29.5. The van der Waals surface area contributed by atoms with Crippen molar-refractivity contribution >= 4 is 45.6 Å². The van der Waals surface area contributed by atoms with Crippen molar-refractivity contribution in [1.82, 2.24) is 0 Å². The van der Waals surface area contributed by atoms with Gasteiger partial charge in [-0.25, -0.2) is 0 Å². The fourth-order valence-corrected chi connectivity index (χ4v) is 0. The summed E-state index contributed by atoms with van der Waals surface area (Å²) in [5.74, 6) is 0. The third-order valence-electron chi connectivity index (χ3n) is 0. The molecule has 32 valence electrons. The molecule has 0 bridgehead atoms. The fraction of sp³-hybridized carbons (Fsp3) is 0. The summed E-state index contributed by atoms with van der Waals surface area (Å²) < 4.78 is 8.55. The van der Waals surface area contributed by atoms with Gasteiger partial charge in [-0.3, -0.25) is 0 Å². The van der Waals surface area contributed by atoms with Crippen LogP contribution < -0.4 is 169 Å². The van der Waals surface area contributed by atoms with Gasteiger partial charge in [-0.1, -0.05) is 0 Å². The fourth-order valence-electron chi connectivity index (χ4n) is 0. The van der Waals surface area contributed by atoms with E-state index in [1.807, 2.05) is 0 Å². The van der Waals surface area contributed by atoms with Crippen molar-refractivity contribution in [2.45, 2.75) is 0 Å². The van der Waals surface area contributed by atoms with Crippen LogP contribution in [-0.2, 0) is 4.57 Å². The topological polar surface area (TPSA) is 86.2 Å². The molecule has 0 amide bonds. The number of rotatable bonds is 0. The third-order valence-corrected chi connectivity index (χ3v) is 0. The third kappa shape index (κ3) is 54.6. The molecule has 0 aliphatic heterocycles. The van der Waals surface area contributed by atoms with Gasteiger partial charge in [0.25, 0.3) is 0 Å². The molecule has 0 saturated carbocycles. The zero-order valence-electron chi connectivity index (χ0n) is 5.79. The number of hydrogen-bond donors (Lipinski definition) is 0. The molecular weight excluding hydrogens is 252 g/mol. The second-order valence-electron chi connectivity index (χ2n) is 0.447. The van der Waals surface area contributed by atoms with E-state index in [9.17, 15) is 0 Å². The van der Waals surface area contributed by atoms with Crippen LogP contribution in [0.25, 0.3) is 0 Å². The van der Waals surface area contributed by atoms with Crippen LogP contribution in [0.3, 0.4) is 0 Å². The second kappa shape index (κ2) is 16.7. The minimum Gasteiger partial charge on any atom is -0.822 e. The SMILES string of the molecule is O=P([O-])([O-])[O-].[Ca+2].[K+].[K+].[K+]. The quantitative estimate of drug-likeness (QED) is 0.316. The van der Waals surface area contributed by atoms with E-state index in [0.29, 0.717) is 0 Å². The molecule has 0 aromatic carbocycles. The summed E-state index contributed by atoms with van der Waals surface area (Å²) in [5, 5.41) is 0. The van der Waals surface area contributed by atoms with Gasteiger partial charge in [-0.2, -0.15) is 7.82 Å². The molecule has 0 spiro atoms. The Balaban J connectivity index is -0.0000000133. The maximum Gasteiger partial charge on any atom is 2.00 e. The van der Waals surface area contributed by atoms with E-state index < -0.39 is 7.82 Å². The minimum atomic E-state index is -5.39. The first-order chi connectivity index (χ1) is 2.00. The van der Waals surface area contributed by atoms with Crippen LogP contribution in [0.5, 0.6) is 0 Å². The predicted molar refractivity (Wildman–Crippen MR) is 13.4 cm³/mol. The summed E-state index contributed by atoms with van der Waals surface area (Å²) in [6.45, 7) is 0. The van der Waals surface area contributed by atoms with Gasteiger partial charge in [0, 0.05) is 0 Å². The molecule has 0 aliphatic rings. The Morgan fingerprint density at radius 2 is 0.889 bits per heavy atom. The molecule has 0 atom stereocenters. The number of hydrogen-bond acceptors (Lipinski definition) is 4. The van der Waals surface area contributed by atoms with Gasteiger partial charge in [-0.15, -0.1) is 0 Å². The Bertz CT molecular complexity index is 61.9. The van der Waals surface area contributed by atoms with Crippen LogP contribution in [0.2, 0.25) is 0 Å². The van der Waals surface area contributed by atoms with Crippen molar-refractivity contribution in [2.24, 2.45) is 0 Å². The van der Waals surface area contributed by atoms with Crippen LogP contribution in [0, 0.1) is 0 Å². The van der Waals surface area contributed by atoms with Gasteiger partial charge in [0.2, 0.25) is 0 Å². The first-order valence-electron chi connectivity index (χ1n) is 0.730. The largest absolute Gasteiger partial charge is 2.00 e. The Labute approximate surface area is 211 Å². The summed E-state index contributed by atoms with van der Waals surface area (Å²) in [6.07, 6.45) is 0. The van der Waals surface area contributed by atoms with E-state index >= 15 is 0 Å². The molecule has 0 aromatic rings. The van der Waals surface area contributed by atoms with Crippen LogP contribution in [0.4, 0.5) is 0 Å². The monoisotopic (exact) mass is 252 g/mol. The zero-order valence-corrected chi connectivity index (χ0v) is 18.3. The van der Waals surface area contributed by atoms with Gasteiger partial charge in [-0.05, 0) is 0 Å². The molecule has 0 radical (unpaired) electrons. The van der Waals surface area contributed by atoms with Gasteiger partial charge in [0.05, 0.1) is 0 Å². The van der Waals surface area contributed by atoms with Crippen LogP contribution in [0.1, 0.15) is 0 Å². The van der Waals surface area contributed by atoms with Crippen molar-refractivity contribution in [1.29, 1.82) is 0 Å². The van der Waals surface area contributed by atoms with Gasteiger partial charge in [0.15, 0.2) is 0 Å². The maximum absolute atomic E-state index is 8.55. The first-order valence-corrected chi connectivity index (χ1v) is 2.19. The molecule has 0 heterocycles. The zero-order chi connectivity index (χ0) is 4.50. The van der Waals surface area contributed by atoms with E-state index in [1.54, 1.807) is 0 Å². The average Bonchev–Trinajstić information content (AvgIpc) is 0.722. The molecule has 0 unspecified atom stereocenters. The summed E-state index contributed by atoms with van der Waals surface area (Å²) >= 11 is 0. The predicted octanol–water partition coefficient (Wildman–Crippen LogP) is -12.2. The maximum atomic E-state index is 8.55. The summed E-state index contributed by atoms with van der Waals surface area (Å²) in [5.41, 5.74) is 0. The molecule has 9 heavy (non-hydrogen) atoms. The van der Waals surface area contributed by atoms with Crippen molar-refractivity contribution in [3.05, 3.63) is 0 Å². The average molecular weight is 252 g/mol. The van der Waals surface area contributed by atoms with E-state index in [2.05, 4.69) is 0 Å². The smallest absolute Gasteiger partial charge is 0.822 e. The van der Waals surface area contributed by atoms with Gasteiger partial charge >= 0.3 is 192 Å². The molecule has 0 N–H and O–H groups in total. The van der Waals surface area contributed by atoms with Crippen LogP contribution in [-0.4, -0.2) is 37.7 Å². The van der Waals surface area contributed by atoms with Crippen molar-refractivity contribution < 1.29 is 173 Å². The molecule has 9 heteroatoms. The molecule has 0 saturated heterocycles. The molecule has 4 nitrogen and oxygen atoms in total. The van der Waals surface area contributed by atoms with Gasteiger partial charge in [0.1, 0.15) is 0 Å². The minimum absolute atomic E-state index is 0. The van der Waals surface area contributed by atoms with Crippen LogP contribution in [0.15, 0.2) is 0 Å². The van der Waals surface area contributed by atoms with Crippen molar-refractivity contribution in [2.75, 3.05) is 0 Å². The Morgan fingerprint density at radius 3 is 0.889 bits per heavy atom. The summed E-state index contributed by atoms with van der Waals surface area (Å²) in [4.78, 5) is 25.6. The Hall–Kier alpha value is 6.28. The normalized spacial score (nSPS) is 6.56. The second-order valence-corrected chi connectivity index (χ2v) is 1.34. The van der Waals surface area contributed by atoms with E-state index in [-0.39, 0.29) is 192 Å². The van der Waals surface area contributed by atoms with Gasteiger partial charge < -0.3 is 19.2 Å². The van der Waals surface area contributed by atoms with E-state index in [0.717, 1.165) is 0 Å². The van der Waals surface area contributed by atoms with Crippen molar-refractivity contribution in [3.8, 4) is 0 Å². The molecular formula is CaK3O4P+2. The molecule has 0 rings (SSSR count). The summed E-state index contributed by atoms with van der Waals surface area (Å²) in [7, 11) is -5.39. The van der Waals surface area contributed by atoms with E-state index in [1.165, 1.54) is 0 Å². The molecule has 0 aliphatic carbocycles.